The summed E-state index contributed by atoms with van der Waals surface area (Å²) < 4.78 is 10.0. The number of carbonyl (C=O) groups is 1. The van der Waals surface area contributed by atoms with E-state index in [0.717, 1.165) is 5.39 Å². The monoisotopic (exact) mass is 231 g/mol. The van der Waals surface area contributed by atoms with Crippen molar-refractivity contribution < 1.29 is 14.3 Å². The molecule has 0 bridgehead atoms. The van der Waals surface area contributed by atoms with Crippen molar-refractivity contribution in [1.82, 2.24) is 0 Å². The number of hydrogen-bond acceptors (Lipinski definition) is 4. The minimum atomic E-state index is -0.403. The van der Waals surface area contributed by atoms with Crippen LogP contribution in [-0.2, 0) is 4.74 Å². The molecular formula is C13H13NO3. The van der Waals surface area contributed by atoms with Crippen molar-refractivity contribution in [2.45, 2.75) is 0 Å². The molecule has 0 aliphatic carbocycles. The summed E-state index contributed by atoms with van der Waals surface area (Å²) in [5.41, 5.74) is 6.94. The van der Waals surface area contributed by atoms with Gasteiger partial charge < -0.3 is 15.2 Å². The predicted octanol–water partition coefficient (Wildman–Crippen LogP) is 2.22. The van der Waals surface area contributed by atoms with Crippen molar-refractivity contribution in [3.63, 3.8) is 0 Å². The van der Waals surface area contributed by atoms with E-state index < -0.39 is 5.97 Å². The van der Waals surface area contributed by atoms with E-state index in [1.54, 1.807) is 25.3 Å². The number of hydrogen-bond donors (Lipinski definition) is 1. The van der Waals surface area contributed by atoms with Crippen LogP contribution in [0.2, 0.25) is 0 Å². The molecular weight excluding hydrogens is 218 g/mol. The van der Waals surface area contributed by atoms with Crippen LogP contribution in [0, 0.1) is 0 Å². The maximum Gasteiger partial charge on any atom is 0.338 e. The molecule has 0 unspecified atom stereocenters. The number of ether oxygens (including phenoxy) is 2. The van der Waals surface area contributed by atoms with Gasteiger partial charge in [-0.15, -0.1) is 0 Å². The van der Waals surface area contributed by atoms with Crippen molar-refractivity contribution in [3.05, 3.63) is 35.9 Å². The summed E-state index contributed by atoms with van der Waals surface area (Å²) >= 11 is 0. The third kappa shape index (κ3) is 1.78. The van der Waals surface area contributed by atoms with Crippen molar-refractivity contribution >= 4 is 22.4 Å². The lowest BCUT2D eigenvalue weighted by atomic mass is 10.0. The van der Waals surface area contributed by atoms with Crippen LogP contribution in [0.25, 0.3) is 10.8 Å². The highest BCUT2D eigenvalue weighted by Gasteiger charge is 2.15. The minimum absolute atomic E-state index is 0.403. The Balaban J connectivity index is 2.85. The van der Waals surface area contributed by atoms with Crippen LogP contribution in [0.4, 0.5) is 5.69 Å². The molecule has 4 heteroatoms. The molecule has 2 aromatic carbocycles. The maximum absolute atomic E-state index is 11.7. The quantitative estimate of drug-likeness (QED) is 0.636. The van der Waals surface area contributed by atoms with Gasteiger partial charge in [-0.1, -0.05) is 12.1 Å². The van der Waals surface area contributed by atoms with Gasteiger partial charge in [-0.3, -0.25) is 0 Å². The fraction of sp³-hybridized carbons (Fsp3) is 0.154. The van der Waals surface area contributed by atoms with Crippen molar-refractivity contribution in [3.8, 4) is 5.75 Å². The molecule has 0 saturated heterocycles. The highest BCUT2D eigenvalue weighted by atomic mass is 16.5. The topological polar surface area (TPSA) is 61.5 Å². The molecule has 88 valence electrons. The van der Waals surface area contributed by atoms with Gasteiger partial charge in [0.25, 0.3) is 0 Å². The average molecular weight is 231 g/mol. The van der Waals surface area contributed by atoms with E-state index in [4.69, 9.17) is 15.2 Å². The molecule has 0 atom stereocenters. The first-order chi connectivity index (χ1) is 8.19. The summed E-state index contributed by atoms with van der Waals surface area (Å²) in [4.78, 5) is 11.7. The van der Waals surface area contributed by atoms with E-state index in [1.165, 1.54) is 7.11 Å². The second-order valence-corrected chi connectivity index (χ2v) is 3.58. The van der Waals surface area contributed by atoms with Crippen LogP contribution >= 0.6 is 0 Å². The molecule has 0 spiro atoms. The van der Waals surface area contributed by atoms with Gasteiger partial charge in [-0.2, -0.15) is 0 Å². The maximum atomic E-state index is 11.7. The largest absolute Gasteiger partial charge is 0.496 e. The van der Waals surface area contributed by atoms with Crippen molar-refractivity contribution in [2.24, 2.45) is 0 Å². The molecule has 2 N–H and O–H groups in total. The zero-order valence-corrected chi connectivity index (χ0v) is 9.69. The van der Waals surface area contributed by atoms with Gasteiger partial charge in [0.1, 0.15) is 5.75 Å². The molecule has 0 aliphatic heterocycles. The Bertz CT molecular complexity index is 578. The summed E-state index contributed by atoms with van der Waals surface area (Å²) in [6, 6.07) is 8.80. The van der Waals surface area contributed by atoms with E-state index in [-0.39, 0.29) is 0 Å². The van der Waals surface area contributed by atoms with E-state index in [0.29, 0.717) is 22.4 Å². The van der Waals surface area contributed by atoms with E-state index in [1.807, 2.05) is 12.1 Å². The zero-order valence-electron chi connectivity index (χ0n) is 9.69. The molecule has 0 aromatic heterocycles. The lowest BCUT2D eigenvalue weighted by molar-refractivity contribution is 0.0603. The van der Waals surface area contributed by atoms with Crippen LogP contribution in [-0.4, -0.2) is 20.2 Å². The smallest absolute Gasteiger partial charge is 0.338 e. The molecule has 17 heavy (non-hydrogen) atoms. The first kappa shape index (κ1) is 11.3. The van der Waals surface area contributed by atoms with E-state index in [2.05, 4.69) is 0 Å². The normalized spacial score (nSPS) is 10.2. The molecule has 0 fully saturated rings. The van der Waals surface area contributed by atoms with Gasteiger partial charge in [-0.05, 0) is 18.2 Å². The van der Waals surface area contributed by atoms with Crippen LogP contribution < -0.4 is 10.5 Å². The molecule has 2 aromatic rings. The average Bonchev–Trinajstić information content (AvgIpc) is 2.38. The number of carbonyl (C=O) groups excluding carboxylic acids is 1. The number of fused-ring (bicyclic) bond motifs is 1. The number of rotatable bonds is 2. The SMILES string of the molecule is COC(=O)c1ccc(N)c2cccc(OC)c12. The first-order valence-electron chi connectivity index (χ1n) is 5.12. The molecule has 2 rings (SSSR count). The second-order valence-electron chi connectivity index (χ2n) is 3.58. The zero-order chi connectivity index (χ0) is 12.4. The highest BCUT2D eigenvalue weighted by molar-refractivity contribution is 6.10. The van der Waals surface area contributed by atoms with Gasteiger partial charge >= 0.3 is 5.97 Å². The third-order valence-electron chi connectivity index (χ3n) is 2.66. The summed E-state index contributed by atoms with van der Waals surface area (Å²) in [5, 5.41) is 1.47. The number of esters is 1. The fourth-order valence-electron chi connectivity index (χ4n) is 1.85. The van der Waals surface area contributed by atoms with Gasteiger partial charge in [0.15, 0.2) is 0 Å². The molecule has 4 nitrogen and oxygen atoms in total. The van der Waals surface area contributed by atoms with Crippen molar-refractivity contribution in [2.75, 3.05) is 20.0 Å². The molecule has 0 heterocycles. The molecule has 0 radical (unpaired) electrons. The summed E-state index contributed by atoms with van der Waals surface area (Å²) in [6.07, 6.45) is 0. The standard InChI is InChI=1S/C13H13NO3/c1-16-11-5-3-4-8-10(14)7-6-9(12(8)11)13(15)17-2/h3-7H,14H2,1-2H3. The summed E-state index contributed by atoms with van der Waals surface area (Å²) in [5.74, 6) is 0.203. The first-order valence-corrected chi connectivity index (χ1v) is 5.12. The fourth-order valence-corrected chi connectivity index (χ4v) is 1.85. The van der Waals surface area contributed by atoms with Gasteiger partial charge in [0.2, 0.25) is 0 Å². The van der Waals surface area contributed by atoms with Crippen LogP contribution in [0.1, 0.15) is 10.4 Å². The Morgan fingerprint density at radius 3 is 2.59 bits per heavy atom. The second kappa shape index (κ2) is 4.33. The summed E-state index contributed by atoms with van der Waals surface area (Å²) in [7, 11) is 2.90. The van der Waals surface area contributed by atoms with Gasteiger partial charge in [0, 0.05) is 16.5 Å². The lowest BCUT2D eigenvalue weighted by Crippen LogP contribution is -2.04. The van der Waals surface area contributed by atoms with Crippen LogP contribution in [0.5, 0.6) is 5.75 Å². The number of benzene rings is 2. The number of nitrogens with two attached hydrogens (primary N) is 1. The minimum Gasteiger partial charge on any atom is -0.496 e. The van der Waals surface area contributed by atoms with Crippen LogP contribution in [0.15, 0.2) is 30.3 Å². The Hall–Kier alpha value is -2.23. The number of methoxy groups -OCH3 is 2. The third-order valence-corrected chi connectivity index (χ3v) is 2.66. The Labute approximate surface area is 98.9 Å². The van der Waals surface area contributed by atoms with Crippen molar-refractivity contribution in [1.29, 1.82) is 0 Å². The van der Waals surface area contributed by atoms with E-state index >= 15 is 0 Å². The predicted molar refractivity (Wildman–Crippen MR) is 66.3 cm³/mol. The lowest BCUT2D eigenvalue weighted by Gasteiger charge is -2.11. The molecule has 0 amide bonds. The Kier molecular flexibility index (Phi) is 2.87. The summed E-state index contributed by atoms with van der Waals surface area (Å²) in [6.45, 7) is 0. The van der Waals surface area contributed by atoms with Gasteiger partial charge in [0.05, 0.1) is 19.8 Å². The molecule has 0 saturated carbocycles. The number of nitrogen functional groups attached to an aromatic ring is 1. The molecule has 0 aliphatic rings. The van der Waals surface area contributed by atoms with Gasteiger partial charge in [-0.25, -0.2) is 4.79 Å². The van der Waals surface area contributed by atoms with E-state index in [9.17, 15) is 4.79 Å². The van der Waals surface area contributed by atoms with Crippen LogP contribution in [0.3, 0.4) is 0 Å². The highest BCUT2D eigenvalue weighted by Crippen LogP contribution is 2.32. The number of anilines is 1. The Morgan fingerprint density at radius 2 is 1.94 bits per heavy atom. The Morgan fingerprint density at radius 1 is 1.18 bits per heavy atom.